The van der Waals surface area contributed by atoms with Gasteiger partial charge in [-0.05, 0) is 54.3 Å². The van der Waals surface area contributed by atoms with Crippen molar-refractivity contribution in [2.24, 2.45) is 0 Å². The highest BCUT2D eigenvalue weighted by Gasteiger charge is 2.49. The Morgan fingerprint density at radius 1 is 1.03 bits per heavy atom. The van der Waals surface area contributed by atoms with Crippen LogP contribution in [0.15, 0.2) is 71.1 Å². The Labute approximate surface area is 207 Å². The summed E-state index contributed by atoms with van der Waals surface area (Å²) in [5.41, 5.74) is 1.06. The highest BCUT2D eigenvalue weighted by molar-refractivity contribution is 6.09. The van der Waals surface area contributed by atoms with Gasteiger partial charge in [0.05, 0.1) is 0 Å². The molecular formula is C28H26N4O4. The minimum atomic E-state index is -1.22. The van der Waals surface area contributed by atoms with E-state index in [1.54, 1.807) is 11.8 Å². The third-order valence-corrected chi connectivity index (χ3v) is 7.40. The molecule has 1 unspecified atom stereocenters. The molecule has 4 amide bonds. The molecule has 1 N–H and O–H groups in total. The predicted octanol–water partition coefficient (Wildman–Crippen LogP) is 4.15. The van der Waals surface area contributed by atoms with Crippen LogP contribution in [0.25, 0.3) is 21.9 Å². The van der Waals surface area contributed by atoms with Crippen LogP contribution in [0.3, 0.4) is 0 Å². The number of rotatable bonds is 4. The monoisotopic (exact) mass is 482 g/mol. The number of para-hydroxylation sites is 2. The van der Waals surface area contributed by atoms with E-state index in [2.05, 4.69) is 10.3 Å². The SMILES string of the molecule is CC1(c2ccc3ccccc3c2)NC(=O)N(CC(=O)N2CCC(c3nc4ccccc4o3)CC2)C1=O. The van der Waals surface area contributed by atoms with E-state index < -0.39 is 17.5 Å². The molecule has 8 nitrogen and oxygen atoms in total. The fraction of sp³-hybridized carbons (Fsp3) is 0.286. The van der Waals surface area contributed by atoms with Crippen LogP contribution in [0.5, 0.6) is 0 Å². The van der Waals surface area contributed by atoms with Crippen LogP contribution >= 0.6 is 0 Å². The van der Waals surface area contributed by atoms with Gasteiger partial charge in [0.1, 0.15) is 17.6 Å². The van der Waals surface area contributed by atoms with Gasteiger partial charge < -0.3 is 14.6 Å². The maximum atomic E-state index is 13.4. The van der Waals surface area contributed by atoms with Crippen molar-refractivity contribution in [2.45, 2.75) is 31.2 Å². The van der Waals surface area contributed by atoms with Crippen LogP contribution in [-0.2, 0) is 15.1 Å². The lowest BCUT2D eigenvalue weighted by molar-refractivity contribution is -0.139. The van der Waals surface area contributed by atoms with E-state index in [0.29, 0.717) is 37.4 Å². The lowest BCUT2D eigenvalue weighted by Crippen LogP contribution is -2.46. The number of urea groups is 1. The first-order chi connectivity index (χ1) is 17.4. The van der Waals surface area contributed by atoms with Crippen LogP contribution in [0.1, 0.15) is 37.1 Å². The van der Waals surface area contributed by atoms with Gasteiger partial charge in [0.2, 0.25) is 5.91 Å². The number of amides is 4. The summed E-state index contributed by atoms with van der Waals surface area (Å²) >= 11 is 0. The van der Waals surface area contributed by atoms with Crippen molar-refractivity contribution in [1.82, 2.24) is 20.1 Å². The van der Waals surface area contributed by atoms with E-state index in [4.69, 9.17) is 4.42 Å². The fourth-order valence-corrected chi connectivity index (χ4v) is 5.21. The molecule has 0 bridgehead atoms. The van der Waals surface area contributed by atoms with Gasteiger partial charge in [-0.2, -0.15) is 0 Å². The summed E-state index contributed by atoms with van der Waals surface area (Å²) in [6.45, 7) is 2.46. The smallest absolute Gasteiger partial charge is 0.325 e. The molecule has 0 spiro atoms. The predicted molar refractivity (Wildman–Crippen MR) is 134 cm³/mol. The number of nitrogens with zero attached hydrogens (tertiary/aromatic N) is 3. The Kier molecular flexibility index (Phi) is 5.25. The van der Waals surface area contributed by atoms with Crippen molar-refractivity contribution in [3.05, 3.63) is 78.2 Å². The number of likely N-dealkylation sites (tertiary alicyclic amines) is 1. The third kappa shape index (κ3) is 3.69. The van der Waals surface area contributed by atoms with Gasteiger partial charge in [0.15, 0.2) is 11.5 Å². The minimum Gasteiger partial charge on any atom is -0.440 e. The Morgan fingerprint density at radius 3 is 2.53 bits per heavy atom. The first kappa shape index (κ1) is 22.3. The Balaban J connectivity index is 1.12. The van der Waals surface area contributed by atoms with E-state index in [1.165, 1.54) is 0 Å². The van der Waals surface area contributed by atoms with Gasteiger partial charge >= 0.3 is 6.03 Å². The summed E-state index contributed by atoms with van der Waals surface area (Å²) in [5.74, 6) is 0.174. The molecule has 182 valence electrons. The molecule has 6 rings (SSSR count). The van der Waals surface area contributed by atoms with Gasteiger partial charge in [-0.1, -0.05) is 48.5 Å². The molecule has 0 aliphatic carbocycles. The van der Waals surface area contributed by atoms with Crippen molar-refractivity contribution in [2.75, 3.05) is 19.6 Å². The summed E-state index contributed by atoms with van der Waals surface area (Å²) in [6, 6.07) is 20.7. The average Bonchev–Trinajstić information content (AvgIpc) is 3.43. The maximum absolute atomic E-state index is 13.4. The van der Waals surface area contributed by atoms with Crippen molar-refractivity contribution < 1.29 is 18.8 Å². The topological polar surface area (TPSA) is 95.8 Å². The number of oxazole rings is 1. The summed E-state index contributed by atoms with van der Waals surface area (Å²) < 4.78 is 5.91. The number of carbonyl (C=O) groups excluding carboxylic acids is 3. The number of nitrogens with one attached hydrogen (secondary N) is 1. The molecule has 3 aromatic carbocycles. The summed E-state index contributed by atoms with van der Waals surface area (Å²) in [4.78, 5) is 46.6. The number of hydrogen-bond donors (Lipinski definition) is 1. The quantitative estimate of drug-likeness (QED) is 0.441. The number of carbonyl (C=O) groups is 3. The molecule has 3 heterocycles. The third-order valence-electron chi connectivity index (χ3n) is 7.40. The molecule has 0 saturated carbocycles. The number of fused-ring (bicyclic) bond motifs is 2. The summed E-state index contributed by atoms with van der Waals surface area (Å²) in [5, 5.41) is 4.84. The highest BCUT2D eigenvalue weighted by Crippen LogP contribution is 2.32. The maximum Gasteiger partial charge on any atom is 0.325 e. The molecule has 2 aliphatic rings. The molecule has 2 saturated heterocycles. The second-order valence-corrected chi connectivity index (χ2v) is 9.68. The molecule has 0 radical (unpaired) electrons. The fourth-order valence-electron chi connectivity index (χ4n) is 5.21. The van der Waals surface area contributed by atoms with Crippen LogP contribution < -0.4 is 5.32 Å². The lowest BCUT2D eigenvalue weighted by atomic mass is 9.90. The van der Waals surface area contributed by atoms with Crippen LogP contribution in [0, 0.1) is 0 Å². The number of piperidine rings is 1. The lowest BCUT2D eigenvalue weighted by Gasteiger charge is -2.31. The minimum absolute atomic E-state index is 0.134. The largest absolute Gasteiger partial charge is 0.440 e. The van der Waals surface area contributed by atoms with E-state index in [-0.39, 0.29) is 18.4 Å². The zero-order chi connectivity index (χ0) is 24.9. The molecular weight excluding hydrogens is 456 g/mol. The number of benzene rings is 3. The molecule has 4 aromatic rings. The van der Waals surface area contributed by atoms with Crippen molar-refractivity contribution in [1.29, 1.82) is 0 Å². The zero-order valence-corrected chi connectivity index (χ0v) is 19.9. The van der Waals surface area contributed by atoms with Crippen LogP contribution in [0.2, 0.25) is 0 Å². The van der Waals surface area contributed by atoms with Crippen molar-refractivity contribution >= 4 is 39.7 Å². The van der Waals surface area contributed by atoms with Crippen LogP contribution in [0.4, 0.5) is 4.79 Å². The van der Waals surface area contributed by atoms with Crippen molar-refractivity contribution in [3.63, 3.8) is 0 Å². The van der Waals surface area contributed by atoms with Gasteiger partial charge in [-0.3, -0.25) is 14.5 Å². The zero-order valence-electron chi connectivity index (χ0n) is 19.9. The Hall–Kier alpha value is -4.20. The molecule has 36 heavy (non-hydrogen) atoms. The standard InChI is InChI=1S/C28H26N4O4/c1-28(21-11-10-18-6-2-3-7-20(18)16-21)26(34)32(27(35)30-28)17-24(33)31-14-12-19(13-15-31)25-29-22-8-4-5-9-23(22)36-25/h2-11,16,19H,12-15,17H2,1H3,(H,30,35). The average molecular weight is 483 g/mol. The summed E-state index contributed by atoms with van der Waals surface area (Å²) in [6.07, 6.45) is 1.43. The van der Waals surface area contributed by atoms with Crippen molar-refractivity contribution in [3.8, 4) is 0 Å². The van der Waals surface area contributed by atoms with Gasteiger partial charge in [0.25, 0.3) is 5.91 Å². The molecule has 8 heteroatoms. The van der Waals surface area contributed by atoms with Gasteiger partial charge in [0, 0.05) is 19.0 Å². The van der Waals surface area contributed by atoms with Gasteiger partial charge in [-0.15, -0.1) is 0 Å². The van der Waals surface area contributed by atoms with E-state index in [9.17, 15) is 14.4 Å². The van der Waals surface area contributed by atoms with Crippen LogP contribution in [-0.4, -0.2) is 52.3 Å². The van der Waals surface area contributed by atoms with E-state index in [0.717, 1.165) is 26.8 Å². The number of imide groups is 1. The highest BCUT2D eigenvalue weighted by atomic mass is 16.3. The Bertz CT molecular complexity index is 1470. The first-order valence-electron chi connectivity index (χ1n) is 12.2. The first-order valence-corrected chi connectivity index (χ1v) is 12.2. The second-order valence-electron chi connectivity index (χ2n) is 9.68. The Morgan fingerprint density at radius 2 is 1.75 bits per heavy atom. The molecule has 2 aliphatic heterocycles. The molecule has 1 atom stereocenters. The normalized spacial score (nSPS) is 20.9. The molecule has 2 fully saturated rings. The van der Waals surface area contributed by atoms with Gasteiger partial charge in [-0.25, -0.2) is 9.78 Å². The summed E-state index contributed by atoms with van der Waals surface area (Å²) in [7, 11) is 0. The van der Waals surface area contributed by atoms with E-state index >= 15 is 0 Å². The van der Waals surface area contributed by atoms with E-state index in [1.807, 2.05) is 66.7 Å². The number of hydrogen-bond acceptors (Lipinski definition) is 5. The number of aromatic nitrogens is 1. The molecule has 1 aromatic heterocycles. The second kappa shape index (κ2) is 8.48.